The van der Waals surface area contributed by atoms with Gasteiger partial charge in [-0.2, -0.15) is 0 Å². The molecule has 1 atom stereocenters. The van der Waals surface area contributed by atoms with Crippen molar-refractivity contribution in [1.29, 1.82) is 0 Å². The number of nitrogens with one attached hydrogen (secondary N) is 1. The van der Waals surface area contributed by atoms with Crippen LogP contribution in [0.15, 0.2) is 0 Å². The molecule has 2 saturated heterocycles. The van der Waals surface area contributed by atoms with Crippen LogP contribution in [0.2, 0.25) is 0 Å². The van der Waals surface area contributed by atoms with Gasteiger partial charge < -0.3 is 9.80 Å². The molecule has 4 heteroatoms. The molecule has 1 saturated carbocycles. The predicted octanol–water partition coefficient (Wildman–Crippen LogP) is 1.95. The van der Waals surface area contributed by atoms with Crippen LogP contribution in [0.5, 0.6) is 0 Å². The molecule has 3 aliphatic rings. The second kappa shape index (κ2) is 6.02. The van der Waals surface area contributed by atoms with Crippen molar-refractivity contribution in [3.63, 3.8) is 0 Å². The lowest BCUT2D eigenvalue weighted by Crippen LogP contribution is -2.45. The van der Waals surface area contributed by atoms with Crippen molar-refractivity contribution >= 4 is 5.91 Å². The largest absolute Gasteiger partial charge is 0.324 e. The standard InChI is InChI=1S/C16H29N3O/c1-2-14-17-16(8-4-5-9-16)15(20)19(14)13-12-18-10-6-3-7-11-18/h14,17H,2-13H2,1H3. The zero-order chi connectivity index (χ0) is 14.0. The summed E-state index contributed by atoms with van der Waals surface area (Å²) >= 11 is 0. The summed E-state index contributed by atoms with van der Waals surface area (Å²) in [6, 6.07) is 0. The fourth-order valence-corrected chi connectivity index (χ4v) is 4.22. The first-order valence-electron chi connectivity index (χ1n) is 8.56. The maximum absolute atomic E-state index is 12.8. The molecule has 1 N–H and O–H groups in total. The molecule has 2 aliphatic heterocycles. The van der Waals surface area contributed by atoms with Crippen LogP contribution >= 0.6 is 0 Å². The zero-order valence-electron chi connectivity index (χ0n) is 12.9. The molecule has 1 unspecified atom stereocenters. The lowest BCUT2D eigenvalue weighted by atomic mass is 9.98. The Hall–Kier alpha value is -0.610. The SMILES string of the molecule is CCC1NC2(CCCC2)C(=O)N1CCN1CCCCC1. The molecule has 0 bridgehead atoms. The summed E-state index contributed by atoms with van der Waals surface area (Å²) < 4.78 is 0. The molecule has 1 spiro atoms. The van der Waals surface area contributed by atoms with Crippen molar-refractivity contribution in [3.05, 3.63) is 0 Å². The highest BCUT2D eigenvalue weighted by atomic mass is 16.2. The number of hydrogen-bond acceptors (Lipinski definition) is 3. The van der Waals surface area contributed by atoms with E-state index in [4.69, 9.17) is 0 Å². The molecule has 0 radical (unpaired) electrons. The highest BCUT2D eigenvalue weighted by molar-refractivity contribution is 5.89. The Kier molecular flexibility index (Phi) is 4.32. The topological polar surface area (TPSA) is 35.6 Å². The number of amides is 1. The van der Waals surface area contributed by atoms with Crippen molar-refractivity contribution in [2.75, 3.05) is 26.2 Å². The molecule has 0 aromatic rings. The predicted molar refractivity (Wildman–Crippen MR) is 80.4 cm³/mol. The van der Waals surface area contributed by atoms with Crippen LogP contribution in [-0.4, -0.2) is 53.6 Å². The Morgan fingerprint density at radius 2 is 1.80 bits per heavy atom. The molecule has 114 valence electrons. The van der Waals surface area contributed by atoms with E-state index in [-0.39, 0.29) is 11.7 Å². The van der Waals surface area contributed by atoms with Crippen molar-refractivity contribution in [1.82, 2.24) is 15.1 Å². The third-order valence-corrected chi connectivity index (χ3v) is 5.44. The minimum Gasteiger partial charge on any atom is -0.324 e. The molecule has 1 aliphatic carbocycles. The van der Waals surface area contributed by atoms with Gasteiger partial charge in [0.25, 0.3) is 0 Å². The van der Waals surface area contributed by atoms with Gasteiger partial charge in [0.15, 0.2) is 0 Å². The first-order valence-corrected chi connectivity index (χ1v) is 8.56. The molecule has 2 heterocycles. The summed E-state index contributed by atoms with van der Waals surface area (Å²) in [6.45, 7) is 6.59. The Morgan fingerprint density at radius 3 is 2.45 bits per heavy atom. The Bertz CT molecular complexity index is 346. The smallest absolute Gasteiger partial charge is 0.244 e. The quantitative estimate of drug-likeness (QED) is 0.854. The van der Waals surface area contributed by atoms with Crippen LogP contribution in [0.25, 0.3) is 0 Å². The van der Waals surface area contributed by atoms with Gasteiger partial charge in [0.05, 0.1) is 11.7 Å². The highest BCUT2D eigenvalue weighted by Gasteiger charge is 2.51. The average Bonchev–Trinajstić information content (AvgIpc) is 3.06. The second-order valence-electron chi connectivity index (χ2n) is 6.76. The zero-order valence-corrected chi connectivity index (χ0v) is 12.9. The third-order valence-electron chi connectivity index (χ3n) is 5.44. The maximum atomic E-state index is 12.8. The van der Waals surface area contributed by atoms with E-state index in [9.17, 15) is 4.79 Å². The number of carbonyl (C=O) groups is 1. The fraction of sp³-hybridized carbons (Fsp3) is 0.938. The molecule has 0 aromatic carbocycles. The van der Waals surface area contributed by atoms with Gasteiger partial charge >= 0.3 is 0 Å². The molecule has 4 nitrogen and oxygen atoms in total. The number of hydrogen-bond donors (Lipinski definition) is 1. The van der Waals surface area contributed by atoms with Gasteiger partial charge in [0.2, 0.25) is 5.91 Å². The van der Waals surface area contributed by atoms with Gasteiger partial charge in [-0.15, -0.1) is 0 Å². The first kappa shape index (κ1) is 14.3. The lowest BCUT2D eigenvalue weighted by Gasteiger charge is -2.30. The van der Waals surface area contributed by atoms with Crippen LogP contribution in [0.3, 0.4) is 0 Å². The van der Waals surface area contributed by atoms with Gasteiger partial charge in [-0.3, -0.25) is 10.1 Å². The molecular weight excluding hydrogens is 250 g/mol. The Labute approximate surface area is 122 Å². The molecule has 0 aromatic heterocycles. The van der Waals surface area contributed by atoms with E-state index in [2.05, 4.69) is 22.0 Å². The van der Waals surface area contributed by atoms with Gasteiger partial charge in [-0.05, 0) is 45.2 Å². The Balaban J connectivity index is 1.60. The summed E-state index contributed by atoms with van der Waals surface area (Å²) in [5, 5.41) is 3.66. The lowest BCUT2D eigenvalue weighted by molar-refractivity contribution is -0.133. The van der Waals surface area contributed by atoms with Crippen LogP contribution in [-0.2, 0) is 4.79 Å². The number of rotatable bonds is 4. The molecular formula is C16H29N3O. The monoisotopic (exact) mass is 279 g/mol. The number of likely N-dealkylation sites (tertiary alicyclic amines) is 1. The Morgan fingerprint density at radius 1 is 1.10 bits per heavy atom. The third kappa shape index (κ3) is 2.60. The van der Waals surface area contributed by atoms with Gasteiger partial charge in [0.1, 0.15) is 0 Å². The molecule has 3 fully saturated rings. The van der Waals surface area contributed by atoms with Gasteiger partial charge in [0, 0.05) is 13.1 Å². The molecule has 1 amide bonds. The normalized spacial score (nSPS) is 30.6. The van der Waals surface area contributed by atoms with E-state index >= 15 is 0 Å². The van der Waals surface area contributed by atoms with Crippen LogP contribution in [0.1, 0.15) is 58.3 Å². The van der Waals surface area contributed by atoms with E-state index in [0.717, 1.165) is 32.4 Å². The summed E-state index contributed by atoms with van der Waals surface area (Å²) in [5.41, 5.74) is -0.192. The van der Waals surface area contributed by atoms with Crippen molar-refractivity contribution in [2.24, 2.45) is 0 Å². The summed E-state index contributed by atoms with van der Waals surface area (Å²) in [7, 11) is 0. The first-order chi connectivity index (χ1) is 9.75. The fourth-order valence-electron chi connectivity index (χ4n) is 4.22. The van der Waals surface area contributed by atoms with E-state index in [1.807, 2.05) is 0 Å². The summed E-state index contributed by atoms with van der Waals surface area (Å²) in [5.74, 6) is 0.388. The molecule has 20 heavy (non-hydrogen) atoms. The maximum Gasteiger partial charge on any atom is 0.244 e. The number of piperidine rings is 1. The van der Waals surface area contributed by atoms with Crippen molar-refractivity contribution in [2.45, 2.75) is 70.0 Å². The highest BCUT2D eigenvalue weighted by Crippen LogP contribution is 2.36. The van der Waals surface area contributed by atoms with Crippen LogP contribution < -0.4 is 5.32 Å². The summed E-state index contributed by atoms with van der Waals surface area (Å²) in [4.78, 5) is 17.5. The van der Waals surface area contributed by atoms with Crippen LogP contribution in [0.4, 0.5) is 0 Å². The van der Waals surface area contributed by atoms with E-state index < -0.39 is 0 Å². The average molecular weight is 279 g/mol. The second-order valence-corrected chi connectivity index (χ2v) is 6.76. The number of carbonyl (C=O) groups excluding carboxylic acids is 1. The van der Waals surface area contributed by atoms with Crippen LogP contribution in [0, 0.1) is 0 Å². The van der Waals surface area contributed by atoms with Gasteiger partial charge in [-0.25, -0.2) is 0 Å². The van der Waals surface area contributed by atoms with Crippen molar-refractivity contribution < 1.29 is 4.79 Å². The molecule has 3 rings (SSSR count). The van der Waals surface area contributed by atoms with Crippen molar-refractivity contribution in [3.8, 4) is 0 Å². The minimum absolute atomic E-state index is 0.192. The van der Waals surface area contributed by atoms with E-state index in [0.29, 0.717) is 5.91 Å². The van der Waals surface area contributed by atoms with E-state index in [1.165, 1.54) is 45.2 Å². The number of nitrogens with zero attached hydrogens (tertiary/aromatic N) is 2. The van der Waals surface area contributed by atoms with E-state index in [1.54, 1.807) is 0 Å². The summed E-state index contributed by atoms with van der Waals surface area (Å²) in [6.07, 6.45) is 9.82. The van der Waals surface area contributed by atoms with Gasteiger partial charge in [-0.1, -0.05) is 26.2 Å². The minimum atomic E-state index is -0.192.